The number of amides is 1. The van der Waals surface area contributed by atoms with Crippen LogP contribution in [-0.2, 0) is 0 Å². The molecule has 0 aliphatic carbocycles. The van der Waals surface area contributed by atoms with Crippen LogP contribution in [0.5, 0.6) is 5.75 Å². The summed E-state index contributed by atoms with van der Waals surface area (Å²) in [6.07, 6.45) is 0.889. The minimum Gasteiger partial charge on any atom is -0.497 e. The first-order valence-electron chi connectivity index (χ1n) is 10.6. The first-order chi connectivity index (χ1) is 15.1. The van der Waals surface area contributed by atoms with Crippen LogP contribution >= 0.6 is 11.3 Å². The minimum atomic E-state index is -0.0387. The van der Waals surface area contributed by atoms with Gasteiger partial charge in [-0.25, -0.2) is 4.98 Å². The number of carbonyl (C=O) groups excluding carboxylic acids is 1. The largest absolute Gasteiger partial charge is 0.497 e. The quantitative estimate of drug-likeness (QED) is 0.377. The maximum atomic E-state index is 12.7. The van der Waals surface area contributed by atoms with Crippen molar-refractivity contribution in [2.75, 3.05) is 31.6 Å². The predicted octanol–water partition coefficient (Wildman–Crippen LogP) is 5.41. The number of ether oxygens (including phenoxy) is 1. The molecule has 2 heterocycles. The summed E-state index contributed by atoms with van der Waals surface area (Å²) in [5, 5.41) is 5.09. The topological polar surface area (TPSA) is 54.5 Å². The van der Waals surface area contributed by atoms with Gasteiger partial charge in [0, 0.05) is 42.2 Å². The number of thiophene rings is 1. The molecule has 0 bridgehead atoms. The molecule has 1 N–H and O–H groups in total. The number of carbonyl (C=O) groups is 1. The van der Waals surface area contributed by atoms with Crippen LogP contribution in [0.4, 0.5) is 5.69 Å². The van der Waals surface area contributed by atoms with Crippen molar-refractivity contribution in [2.24, 2.45) is 0 Å². The van der Waals surface area contributed by atoms with Crippen LogP contribution in [0.15, 0.2) is 54.6 Å². The van der Waals surface area contributed by atoms with E-state index in [1.54, 1.807) is 7.11 Å². The van der Waals surface area contributed by atoms with E-state index in [4.69, 9.17) is 9.72 Å². The van der Waals surface area contributed by atoms with E-state index in [-0.39, 0.29) is 5.91 Å². The molecule has 0 atom stereocenters. The standard InChI is InChI=1S/C25H27N3O2S/c1-4-28(20-8-5-7-17(2)13-20)12-6-11-26-24(29)23-15-19-14-18-9-10-21(30-3)16-22(18)27-25(19)31-23/h5,7-10,13-16H,4,6,11-12H2,1-3H3,(H,26,29). The number of hydrogen-bond acceptors (Lipinski definition) is 5. The van der Waals surface area contributed by atoms with Crippen molar-refractivity contribution in [2.45, 2.75) is 20.3 Å². The van der Waals surface area contributed by atoms with E-state index in [9.17, 15) is 4.79 Å². The van der Waals surface area contributed by atoms with Crippen LogP contribution in [0.3, 0.4) is 0 Å². The fourth-order valence-corrected chi connectivity index (χ4v) is 4.64. The zero-order chi connectivity index (χ0) is 21.8. The number of methoxy groups -OCH3 is 1. The number of nitrogens with one attached hydrogen (secondary N) is 1. The Kier molecular flexibility index (Phi) is 6.37. The van der Waals surface area contributed by atoms with E-state index in [2.05, 4.69) is 54.4 Å². The first-order valence-corrected chi connectivity index (χ1v) is 11.4. The monoisotopic (exact) mass is 433 g/mol. The maximum absolute atomic E-state index is 12.7. The number of fused-ring (bicyclic) bond motifs is 2. The number of rotatable bonds is 8. The third-order valence-corrected chi connectivity index (χ3v) is 6.42. The zero-order valence-corrected chi connectivity index (χ0v) is 19.0. The van der Waals surface area contributed by atoms with Crippen molar-refractivity contribution in [1.82, 2.24) is 10.3 Å². The van der Waals surface area contributed by atoms with Crippen LogP contribution in [0.2, 0.25) is 0 Å². The van der Waals surface area contributed by atoms with Gasteiger partial charge in [0.1, 0.15) is 10.6 Å². The average Bonchev–Trinajstić information content (AvgIpc) is 3.20. The summed E-state index contributed by atoms with van der Waals surface area (Å²) >= 11 is 1.43. The Morgan fingerprint density at radius 2 is 2.00 bits per heavy atom. The maximum Gasteiger partial charge on any atom is 0.261 e. The molecule has 0 saturated heterocycles. The van der Waals surface area contributed by atoms with Crippen LogP contribution in [0, 0.1) is 6.92 Å². The summed E-state index contributed by atoms with van der Waals surface area (Å²) in [6.45, 7) is 6.75. The number of nitrogens with zero attached hydrogens (tertiary/aromatic N) is 2. The molecular weight excluding hydrogens is 406 g/mol. The molecule has 1 amide bonds. The highest BCUT2D eigenvalue weighted by molar-refractivity contribution is 7.20. The summed E-state index contributed by atoms with van der Waals surface area (Å²) in [5.41, 5.74) is 3.36. The summed E-state index contributed by atoms with van der Waals surface area (Å²) in [4.78, 5) is 21.3. The Balaban J connectivity index is 1.38. The van der Waals surface area contributed by atoms with E-state index in [1.807, 2.05) is 24.3 Å². The highest BCUT2D eigenvalue weighted by Crippen LogP contribution is 2.29. The lowest BCUT2D eigenvalue weighted by Crippen LogP contribution is -2.29. The molecule has 0 aliphatic heterocycles. The Labute approximate surface area is 186 Å². The molecule has 6 heteroatoms. The number of aryl methyl sites for hydroxylation is 1. The third kappa shape index (κ3) is 4.80. The lowest BCUT2D eigenvalue weighted by molar-refractivity contribution is 0.0957. The van der Waals surface area contributed by atoms with Gasteiger partial charge < -0.3 is 15.0 Å². The fraction of sp³-hybridized carbons (Fsp3) is 0.280. The van der Waals surface area contributed by atoms with Crippen LogP contribution in [0.25, 0.3) is 21.1 Å². The Hall–Kier alpha value is -3.12. The average molecular weight is 434 g/mol. The van der Waals surface area contributed by atoms with Crippen LogP contribution in [-0.4, -0.2) is 37.6 Å². The Bertz CT molecular complexity index is 1220. The molecule has 4 rings (SSSR count). The molecule has 5 nitrogen and oxygen atoms in total. The third-order valence-electron chi connectivity index (χ3n) is 5.37. The molecule has 0 radical (unpaired) electrons. The van der Waals surface area contributed by atoms with Gasteiger partial charge >= 0.3 is 0 Å². The second kappa shape index (κ2) is 9.35. The van der Waals surface area contributed by atoms with Gasteiger partial charge in [0.15, 0.2) is 0 Å². The van der Waals surface area contributed by atoms with E-state index < -0.39 is 0 Å². The second-order valence-electron chi connectivity index (χ2n) is 7.58. The highest BCUT2D eigenvalue weighted by Gasteiger charge is 2.12. The number of aromatic nitrogens is 1. The van der Waals surface area contributed by atoms with Crippen molar-refractivity contribution >= 4 is 44.1 Å². The Morgan fingerprint density at radius 1 is 1.13 bits per heavy atom. The van der Waals surface area contributed by atoms with Gasteiger partial charge in [-0.3, -0.25) is 4.79 Å². The van der Waals surface area contributed by atoms with E-state index in [0.717, 1.165) is 46.4 Å². The second-order valence-corrected chi connectivity index (χ2v) is 8.61. The van der Waals surface area contributed by atoms with Gasteiger partial charge in [-0.1, -0.05) is 12.1 Å². The van der Waals surface area contributed by atoms with E-state index >= 15 is 0 Å². The SMILES string of the molecule is CCN(CCCNC(=O)c1cc2cc3ccc(OC)cc3nc2s1)c1cccc(C)c1. The highest BCUT2D eigenvalue weighted by atomic mass is 32.1. The van der Waals surface area contributed by atoms with Gasteiger partial charge in [0.05, 0.1) is 17.5 Å². The van der Waals surface area contributed by atoms with Gasteiger partial charge in [-0.2, -0.15) is 0 Å². The number of benzene rings is 2. The Morgan fingerprint density at radius 3 is 2.77 bits per heavy atom. The molecule has 0 fully saturated rings. The number of hydrogen-bond donors (Lipinski definition) is 1. The van der Waals surface area contributed by atoms with Gasteiger partial charge in [0.25, 0.3) is 5.91 Å². The predicted molar refractivity (Wildman–Crippen MR) is 130 cm³/mol. The normalized spacial score (nSPS) is 11.1. The molecule has 160 valence electrons. The molecule has 2 aromatic carbocycles. The van der Waals surface area contributed by atoms with Crippen LogP contribution < -0.4 is 15.0 Å². The van der Waals surface area contributed by atoms with Crippen molar-refractivity contribution < 1.29 is 9.53 Å². The van der Waals surface area contributed by atoms with E-state index in [0.29, 0.717) is 11.4 Å². The lowest BCUT2D eigenvalue weighted by Gasteiger charge is -2.23. The fourth-order valence-electron chi connectivity index (χ4n) is 3.70. The van der Waals surface area contributed by atoms with Crippen LogP contribution in [0.1, 0.15) is 28.6 Å². The molecule has 2 aromatic heterocycles. The van der Waals surface area contributed by atoms with Gasteiger partial charge in [0.2, 0.25) is 0 Å². The van der Waals surface area contributed by atoms with Crippen molar-refractivity contribution in [3.8, 4) is 5.75 Å². The molecule has 0 spiro atoms. The minimum absolute atomic E-state index is 0.0387. The summed E-state index contributed by atoms with van der Waals surface area (Å²) in [5.74, 6) is 0.740. The molecule has 4 aromatic rings. The van der Waals surface area contributed by atoms with Gasteiger partial charge in [-0.05, 0) is 62.2 Å². The smallest absolute Gasteiger partial charge is 0.261 e. The van der Waals surface area contributed by atoms with E-state index in [1.165, 1.54) is 22.6 Å². The molecule has 0 saturated carbocycles. The van der Waals surface area contributed by atoms with Crippen molar-refractivity contribution in [1.29, 1.82) is 0 Å². The summed E-state index contributed by atoms with van der Waals surface area (Å²) in [6, 6.07) is 18.4. The summed E-state index contributed by atoms with van der Waals surface area (Å²) in [7, 11) is 1.65. The number of anilines is 1. The molecule has 0 unspecified atom stereocenters. The first kappa shape index (κ1) is 21.1. The number of pyridine rings is 1. The zero-order valence-electron chi connectivity index (χ0n) is 18.1. The van der Waals surface area contributed by atoms with Crippen molar-refractivity contribution in [3.05, 3.63) is 65.0 Å². The van der Waals surface area contributed by atoms with Gasteiger partial charge in [-0.15, -0.1) is 11.3 Å². The molecule has 0 aliphatic rings. The lowest BCUT2D eigenvalue weighted by atomic mass is 10.2. The molecular formula is C25H27N3O2S. The molecule has 31 heavy (non-hydrogen) atoms. The summed E-state index contributed by atoms with van der Waals surface area (Å²) < 4.78 is 5.29. The van der Waals surface area contributed by atoms with Crippen molar-refractivity contribution in [3.63, 3.8) is 0 Å².